The van der Waals surface area contributed by atoms with Crippen molar-refractivity contribution in [2.75, 3.05) is 6.61 Å². The smallest absolute Gasteiger partial charge is 0.338 e. The molecule has 3 saturated heterocycles. The van der Waals surface area contributed by atoms with Crippen molar-refractivity contribution in [3.63, 3.8) is 0 Å². The van der Waals surface area contributed by atoms with E-state index in [-0.39, 0.29) is 18.9 Å². The molecule has 6 bridgehead atoms. The fourth-order valence-corrected chi connectivity index (χ4v) is 5.26. The fourth-order valence-electron chi connectivity index (χ4n) is 5.26. The van der Waals surface area contributed by atoms with Gasteiger partial charge in [-0.3, -0.25) is 0 Å². The zero-order valence-corrected chi connectivity index (χ0v) is 12.7. The molecule has 122 valence electrons. The number of esters is 1. The third-order valence-corrected chi connectivity index (χ3v) is 6.45. The number of carbonyl (C=O) groups is 1. The average molecular weight is 318 g/mol. The molecule has 7 rings (SSSR count). The van der Waals surface area contributed by atoms with Gasteiger partial charge in [0.2, 0.25) is 0 Å². The van der Waals surface area contributed by atoms with Gasteiger partial charge in [-0.05, 0) is 25.5 Å². The summed E-state index contributed by atoms with van der Waals surface area (Å²) in [4.78, 5) is 12.2. The Hall–Kier alpha value is -1.47. The first kappa shape index (κ1) is 13.9. The molecule has 2 N–H and O–H groups in total. The molecule has 0 spiro atoms. The lowest BCUT2D eigenvalue weighted by molar-refractivity contribution is -0.384. The first-order chi connectivity index (χ1) is 10.8. The Balaban J connectivity index is 1.45. The van der Waals surface area contributed by atoms with E-state index < -0.39 is 34.7 Å². The van der Waals surface area contributed by atoms with E-state index in [0.29, 0.717) is 12.0 Å². The molecule has 6 nitrogen and oxygen atoms in total. The van der Waals surface area contributed by atoms with E-state index in [0.717, 1.165) is 0 Å². The molecular weight excluding hydrogens is 300 g/mol. The van der Waals surface area contributed by atoms with E-state index in [2.05, 4.69) is 0 Å². The lowest BCUT2D eigenvalue weighted by Crippen LogP contribution is -2.78. The van der Waals surface area contributed by atoms with Crippen molar-refractivity contribution < 1.29 is 29.2 Å². The summed E-state index contributed by atoms with van der Waals surface area (Å²) in [6, 6.07) is 8.70. The van der Waals surface area contributed by atoms with Gasteiger partial charge in [0.25, 0.3) is 0 Å². The molecule has 0 aromatic heterocycles. The number of aliphatic hydroxyl groups is 2. The predicted molar refractivity (Wildman–Crippen MR) is 76.1 cm³/mol. The monoisotopic (exact) mass is 318 g/mol. The van der Waals surface area contributed by atoms with E-state index in [4.69, 9.17) is 14.2 Å². The van der Waals surface area contributed by atoms with Crippen LogP contribution in [-0.2, 0) is 14.2 Å². The largest absolute Gasteiger partial charge is 0.461 e. The molecule has 1 aromatic rings. The van der Waals surface area contributed by atoms with Crippen molar-refractivity contribution in [2.45, 2.75) is 43.0 Å². The Morgan fingerprint density at radius 2 is 2.04 bits per heavy atom. The minimum atomic E-state index is -1.29. The summed E-state index contributed by atoms with van der Waals surface area (Å²) in [6.07, 6.45) is -0.0932. The summed E-state index contributed by atoms with van der Waals surface area (Å²) in [5.74, 6) is -2.02. The molecule has 3 saturated carbocycles. The van der Waals surface area contributed by atoms with E-state index >= 15 is 0 Å². The van der Waals surface area contributed by atoms with Gasteiger partial charge in [-0.25, -0.2) is 4.79 Å². The van der Waals surface area contributed by atoms with Gasteiger partial charge < -0.3 is 24.4 Å². The first-order valence-corrected chi connectivity index (χ1v) is 7.87. The highest BCUT2D eigenvalue weighted by molar-refractivity contribution is 5.89. The van der Waals surface area contributed by atoms with Crippen molar-refractivity contribution in [3.05, 3.63) is 35.9 Å². The van der Waals surface area contributed by atoms with Gasteiger partial charge in [-0.1, -0.05) is 18.2 Å². The number of carbonyl (C=O) groups excluding carboxylic acids is 1. The van der Waals surface area contributed by atoms with Crippen molar-refractivity contribution >= 4 is 5.97 Å². The highest BCUT2D eigenvalue weighted by Gasteiger charge is 2.93. The third-order valence-electron chi connectivity index (χ3n) is 6.45. The topological polar surface area (TPSA) is 85.2 Å². The average Bonchev–Trinajstić information content (AvgIpc) is 2.70. The van der Waals surface area contributed by atoms with Crippen molar-refractivity contribution in [3.8, 4) is 0 Å². The van der Waals surface area contributed by atoms with Crippen LogP contribution in [0.1, 0.15) is 30.1 Å². The maximum atomic E-state index is 12.2. The van der Waals surface area contributed by atoms with Crippen LogP contribution in [0.5, 0.6) is 0 Å². The van der Waals surface area contributed by atoms with E-state index in [9.17, 15) is 15.0 Å². The zero-order chi connectivity index (χ0) is 16.1. The van der Waals surface area contributed by atoms with Crippen LogP contribution in [0.25, 0.3) is 0 Å². The number of ether oxygens (including phenoxy) is 3. The standard InChI is InChI=1S/C17H18O6/c1-14-8-16(19)11-7-17(14,20)15(11,13(22-14)23-16)9-21-12(18)10-5-3-2-4-6-10/h2-6,11,13,19-20H,7-9H2,1H3. The molecule has 1 aromatic carbocycles. The minimum absolute atomic E-state index is 0.0234. The quantitative estimate of drug-likeness (QED) is 0.803. The molecule has 0 radical (unpaired) electrons. The second-order valence-electron chi connectivity index (χ2n) is 7.42. The molecule has 3 aliphatic carbocycles. The van der Waals surface area contributed by atoms with Crippen LogP contribution >= 0.6 is 0 Å². The van der Waals surface area contributed by atoms with Crippen LogP contribution < -0.4 is 0 Å². The summed E-state index contributed by atoms with van der Waals surface area (Å²) >= 11 is 0. The van der Waals surface area contributed by atoms with Gasteiger partial charge >= 0.3 is 5.97 Å². The Morgan fingerprint density at radius 1 is 1.30 bits per heavy atom. The number of benzene rings is 1. The van der Waals surface area contributed by atoms with Crippen molar-refractivity contribution in [2.24, 2.45) is 11.3 Å². The molecule has 23 heavy (non-hydrogen) atoms. The van der Waals surface area contributed by atoms with Gasteiger partial charge in [-0.2, -0.15) is 0 Å². The van der Waals surface area contributed by atoms with Crippen LogP contribution in [0, 0.1) is 11.3 Å². The Bertz CT molecular complexity index is 706. The highest BCUT2D eigenvalue weighted by atomic mass is 16.8. The Kier molecular flexibility index (Phi) is 2.29. The Labute approximate surface area is 133 Å². The van der Waals surface area contributed by atoms with Gasteiger partial charge in [-0.15, -0.1) is 0 Å². The molecule has 3 heterocycles. The summed E-state index contributed by atoms with van der Waals surface area (Å²) in [6.45, 7) is 1.77. The van der Waals surface area contributed by atoms with Gasteiger partial charge in [0.1, 0.15) is 17.8 Å². The van der Waals surface area contributed by atoms with Crippen LogP contribution in [0.3, 0.4) is 0 Å². The number of hydrogen-bond donors (Lipinski definition) is 2. The maximum absolute atomic E-state index is 12.2. The SMILES string of the molecule is CC12CC3(O)OC(O1)C1(COC(=O)c4ccccc4)C3CC21O. The molecule has 6 aliphatic rings. The first-order valence-electron chi connectivity index (χ1n) is 7.87. The maximum Gasteiger partial charge on any atom is 0.338 e. The van der Waals surface area contributed by atoms with Gasteiger partial charge in [0.05, 0.1) is 11.0 Å². The van der Waals surface area contributed by atoms with Crippen LogP contribution in [0.15, 0.2) is 30.3 Å². The summed E-state index contributed by atoms with van der Waals surface area (Å²) in [7, 11) is 0. The molecule has 6 unspecified atom stereocenters. The normalized spacial score (nSPS) is 51.6. The van der Waals surface area contributed by atoms with Gasteiger partial charge in [0.15, 0.2) is 12.1 Å². The molecule has 3 aliphatic heterocycles. The highest BCUT2D eigenvalue weighted by Crippen LogP contribution is 2.80. The van der Waals surface area contributed by atoms with E-state index in [1.165, 1.54) is 0 Å². The van der Waals surface area contributed by atoms with Crippen molar-refractivity contribution in [1.82, 2.24) is 0 Å². The van der Waals surface area contributed by atoms with Crippen LogP contribution in [0.4, 0.5) is 0 Å². The second-order valence-corrected chi connectivity index (χ2v) is 7.42. The Morgan fingerprint density at radius 3 is 2.78 bits per heavy atom. The van der Waals surface area contributed by atoms with E-state index in [1.54, 1.807) is 31.2 Å². The minimum Gasteiger partial charge on any atom is -0.461 e. The third kappa shape index (κ3) is 1.30. The summed E-state index contributed by atoms with van der Waals surface area (Å²) in [5, 5.41) is 21.8. The zero-order valence-electron chi connectivity index (χ0n) is 12.7. The van der Waals surface area contributed by atoms with Crippen LogP contribution in [-0.4, -0.2) is 46.1 Å². The van der Waals surface area contributed by atoms with E-state index in [1.807, 2.05) is 6.07 Å². The lowest BCUT2D eigenvalue weighted by Gasteiger charge is -2.65. The molecular formula is C17H18O6. The fraction of sp³-hybridized carbons (Fsp3) is 0.588. The van der Waals surface area contributed by atoms with Gasteiger partial charge in [0, 0.05) is 12.3 Å². The number of rotatable bonds is 3. The lowest BCUT2D eigenvalue weighted by atomic mass is 9.41. The summed E-state index contributed by atoms with van der Waals surface area (Å²) in [5.41, 5.74) is -2.42. The predicted octanol–water partition coefficient (Wildman–Crippen LogP) is 0.818. The molecule has 6 fully saturated rings. The van der Waals surface area contributed by atoms with Crippen molar-refractivity contribution in [1.29, 1.82) is 0 Å². The summed E-state index contributed by atoms with van der Waals surface area (Å²) < 4.78 is 17.0. The number of hydrogen-bond acceptors (Lipinski definition) is 6. The molecule has 0 amide bonds. The molecule has 6 atom stereocenters. The second kappa shape index (κ2) is 3.78. The molecule has 6 heteroatoms. The van der Waals surface area contributed by atoms with Crippen LogP contribution in [0.2, 0.25) is 0 Å².